The second-order valence-corrected chi connectivity index (χ2v) is 8.50. The summed E-state index contributed by atoms with van der Waals surface area (Å²) < 4.78 is 16.0. The second kappa shape index (κ2) is 8.99. The lowest BCUT2D eigenvalue weighted by Crippen LogP contribution is -2.60. The smallest absolute Gasteiger partial charge is 0.281 e. The zero-order valence-electron chi connectivity index (χ0n) is 18.5. The van der Waals surface area contributed by atoms with Gasteiger partial charge in [-0.1, -0.05) is 37.3 Å². The molecule has 2 atom stereocenters. The van der Waals surface area contributed by atoms with E-state index < -0.39 is 23.0 Å². The van der Waals surface area contributed by atoms with Gasteiger partial charge >= 0.3 is 0 Å². The second-order valence-electron chi connectivity index (χ2n) is 8.50. The third-order valence-corrected chi connectivity index (χ3v) is 5.64. The summed E-state index contributed by atoms with van der Waals surface area (Å²) in [7, 11) is 1.79. The molecule has 1 aromatic carbocycles. The lowest BCUT2D eigenvalue weighted by molar-refractivity contribution is -0.152. The van der Waals surface area contributed by atoms with Crippen molar-refractivity contribution in [3.8, 4) is 0 Å². The monoisotopic (exact) mass is 427 g/mol. The summed E-state index contributed by atoms with van der Waals surface area (Å²) in [4.78, 5) is 35.8. The van der Waals surface area contributed by atoms with E-state index in [2.05, 4.69) is 20.6 Å². The minimum absolute atomic E-state index is 0.232. The van der Waals surface area contributed by atoms with Gasteiger partial charge in [-0.15, -0.1) is 0 Å². The number of amides is 2. The average Bonchev–Trinajstić information content (AvgIpc) is 2.72. The lowest BCUT2D eigenvalue weighted by Gasteiger charge is -2.42. The van der Waals surface area contributed by atoms with Crippen LogP contribution in [0.25, 0.3) is 0 Å². The number of hydrogen-bond donors (Lipinski definition) is 2. The first-order valence-corrected chi connectivity index (χ1v) is 10.5. The Hall–Kier alpha value is -3.03. The Balaban J connectivity index is 1.88. The Morgan fingerprint density at radius 3 is 2.61 bits per heavy atom. The van der Waals surface area contributed by atoms with Crippen molar-refractivity contribution in [2.45, 2.75) is 51.2 Å². The number of halogens is 1. The third-order valence-electron chi connectivity index (χ3n) is 5.64. The number of hydrogen-bond acceptors (Lipinski definition) is 5. The van der Waals surface area contributed by atoms with E-state index in [-0.39, 0.29) is 13.0 Å². The molecule has 1 aromatic heterocycles. The molecular formula is C23H30FN5O2. The number of likely N-dealkylation sites (tertiary alicyclic amines) is 1. The molecule has 3 rings (SSSR count). The van der Waals surface area contributed by atoms with E-state index in [0.29, 0.717) is 30.2 Å². The van der Waals surface area contributed by atoms with E-state index in [1.165, 1.54) is 11.8 Å². The van der Waals surface area contributed by atoms with Gasteiger partial charge in [-0.3, -0.25) is 9.59 Å². The number of nitrogens with zero attached hydrogens (tertiary/aromatic N) is 3. The van der Waals surface area contributed by atoms with Crippen LogP contribution in [0.5, 0.6) is 0 Å². The number of carbonyl (C=O) groups excluding carboxylic acids is 2. The van der Waals surface area contributed by atoms with Gasteiger partial charge in [0.2, 0.25) is 5.91 Å². The van der Waals surface area contributed by atoms with Crippen molar-refractivity contribution in [3.05, 3.63) is 53.5 Å². The number of alkyl halides is 1. The molecular weight excluding hydrogens is 397 g/mol. The van der Waals surface area contributed by atoms with Gasteiger partial charge in [-0.05, 0) is 25.3 Å². The molecule has 0 saturated carbocycles. The Morgan fingerprint density at radius 2 is 1.97 bits per heavy atom. The van der Waals surface area contributed by atoms with E-state index in [4.69, 9.17) is 0 Å². The van der Waals surface area contributed by atoms with Gasteiger partial charge in [0, 0.05) is 50.7 Å². The number of benzene rings is 1. The number of piperidine rings is 1. The molecule has 0 unspecified atom stereocenters. The summed E-state index contributed by atoms with van der Waals surface area (Å²) in [6.07, 6.45) is 1.24. The van der Waals surface area contributed by atoms with Crippen LogP contribution in [0.2, 0.25) is 0 Å². The topological polar surface area (TPSA) is 87.2 Å². The van der Waals surface area contributed by atoms with Gasteiger partial charge in [0.15, 0.2) is 0 Å². The number of carbonyl (C=O) groups is 2. The van der Waals surface area contributed by atoms with E-state index in [1.54, 1.807) is 31.3 Å². The molecule has 0 bridgehead atoms. The highest BCUT2D eigenvalue weighted by Gasteiger charge is 2.46. The molecule has 0 radical (unpaired) electrons. The van der Waals surface area contributed by atoms with Crippen LogP contribution in [0.4, 0.5) is 10.2 Å². The molecule has 1 aliphatic rings. The zero-order chi connectivity index (χ0) is 22.6. The average molecular weight is 428 g/mol. The summed E-state index contributed by atoms with van der Waals surface area (Å²) in [5.41, 5.74) is 0.934. The Kier molecular flexibility index (Phi) is 6.57. The minimum Gasteiger partial charge on any atom is -0.373 e. The molecule has 2 amide bonds. The fourth-order valence-electron chi connectivity index (χ4n) is 4.14. The van der Waals surface area contributed by atoms with Gasteiger partial charge in [0.1, 0.15) is 11.6 Å². The molecule has 0 aliphatic carbocycles. The summed E-state index contributed by atoms with van der Waals surface area (Å²) >= 11 is 0. The quantitative estimate of drug-likeness (QED) is 0.693. The van der Waals surface area contributed by atoms with Crippen LogP contribution in [-0.2, 0) is 21.4 Å². The largest absolute Gasteiger partial charge is 0.373 e. The van der Waals surface area contributed by atoms with Gasteiger partial charge < -0.3 is 15.5 Å². The van der Waals surface area contributed by atoms with Gasteiger partial charge in [-0.25, -0.2) is 14.4 Å². The van der Waals surface area contributed by atoms with E-state index in [0.717, 1.165) is 12.1 Å². The highest BCUT2D eigenvalue weighted by molar-refractivity contribution is 5.90. The molecule has 1 fully saturated rings. The highest BCUT2D eigenvalue weighted by atomic mass is 19.1. The van der Waals surface area contributed by atoms with E-state index >= 15 is 4.39 Å². The fraction of sp³-hybridized carbons (Fsp3) is 0.478. The van der Waals surface area contributed by atoms with Crippen LogP contribution < -0.4 is 10.6 Å². The van der Waals surface area contributed by atoms with Crippen molar-refractivity contribution in [3.63, 3.8) is 0 Å². The number of rotatable bonds is 6. The molecule has 0 spiro atoms. The van der Waals surface area contributed by atoms with E-state index in [1.807, 2.05) is 26.0 Å². The number of nitrogens with one attached hydrogen (secondary N) is 2. The summed E-state index contributed by atoms with van der Waals surface area (Å²) in [6, 6.07) is 10.7. The maximum atomic E-state index is 16.0. The zero-order valence-corrected chi connectivity index (χ0v) is 18.5. The standard InChI is InChI=1S/C23H30FN5O2/c1-16-13-19(25-4)27-20(26-16)22(3)11-8-12-29(15-22)21(31)23(24,28-17(2)30)14-18-9-6-5-7-10-18/h5-7,9-10,13H,8,11-12,14-15H2,1-4H3,(H,28,30)(H,25,26,27)/t22-,23-/m1/s1. The van der Waals surface area contributed by atoms with Crippen LogP contribution in [0.15, 0.2) is 36.4 Å². The molecule has 1 saturated heterocycles. The van der Waals surface area contributed by atoms with Crippen LogP contribution in [0.3, 0.4) is 0 Å². The van der Waals surface area contributed by atoms with Crippen LogP contribution >= 0.6 is 0 Å². The normalized spacial score (nSPS) is 20.6. The van der Waals surface area contributed by atoms with Crippen molar-refractivity contribution in [2.75, 3.05) is 25.5 Å². The summed E-state index contributed by atoms with van der Waals surface area (Å²) in [6.45, 7) is 5.80. The summed E-state index contributed by atoms with van der Waals surface area (Å²) in [5, 5.41) is 5.29. The predicted molar refractivity (Wildman–Crippen MR) is 117 cm³/mol. The van der Waals surface area contributed by atoms with Crippen molar-refractivity contribution in [2.24, 2.45) is 0 Å². The molecule has 166 valence electrons. The first kappa shape index (κ1) is 22.7. The third kappa shape index (κ3) is 5.18. The lowest BCUT2D eigenvalue weighted by atomic mass is 9.80. The number of anilines is 1. The van der Waals surface area contributed by atoms with Crippen molar-refractivity contribution >= 4 is 17.6 Å². The first-order valence-electron chi connectivity index (χ1n) is 10.5. The minimum atomic E-state index is -2.52. The highest BCUT2D eigenvalue weighted by Crippen LogP contribution is 2.34. The first-order chi connectivity index (χ1) is 14.6. The number of aryl methyl sites for hydroxylation is 1. The molecule has 2 aromatic rings. The van der Waals surface area contributed by atoms with Gasteiger partial charge in [0.05, 0.1) is 0 Å². The fourth-order valence-corrected chi connectivity index (χ4v) is 4.14. The predicted octanol–water partition coefficient (Wildman–Crippen LogP) is 2.75. The van der Waals surface area contributed by atoms with Crippen LogP contribution in [-0.4, -0.2) is 52.6 Å². The van der Waals surface area contributed by atoms with E-state index in [9.17, 15) is 9.59 Å². The SMILES string of the molecule is CNc1cc(C)nc([C@]2(C)CCCN(C(=O)[C@@](F)(Cc3ccccc3)NC(C)=O)C2)n1. The maximum absolute atomic E-state index is 16.0. The molecule has 2 N–H and O–H groups in total. The maximum Gasteiger partial charge on any atom is 0.281 e. The van der Waals surface area contributed by atoms with Crippen molar-refractivity contribution in [1.29, 1.82) is 0 Å². The van der Waals surface area contributed by atoms with Crippen molar-refractivity contribution in [1.82, 2.24) is 20.2 Å². The van der Waals surface area contributed by atoms with Gasteiger partial charge in [-0.2, -0.15) is 0 Å². The summed E-state index contributed by atoms with van der Waals surface area (Å²) in [5.74, 6) is -2.52. The molecule has 31 heavy (non-hydrogen) atoms. The Labute approximate surface area is 182 Å². The molecule has 2 heterocycles. The molecule has 8 heteroatoms. The molecule has 1 aliphatic heterocycles. The van der Waals surface area contributed by atoms with Gasteiger partial charge in [0.25, 0.3) is 11.7 Å². The Bertz CT molecular complexity index is 954. The Morgan fingerprint density at radius 1 is 1.26 bits per heavy atom. The van der Waals surface area contributed by atoms with Crippen molar-refractivity contribution < 1.29 is 14.0 Å². The van der Waals surface area contributed by atoms with Crippen LogP contribution in [0, 0.1) is 6.92 Å². The van der Waals surface area contributed by atoms with Crippen LogP contribution in [0.1, 0.15) is 43.8 Å². The number of aromatic nitrogens is 2. The molecule has 7 nitrogen and oxygen atoms in total.